The summed E-state index contributed by atoms with van der Waals surface area (Å²) in [5.41, 5.74) is 2.97. The minimum atomic E-state index is -0.871. The van der Waals surface area contributed by atoms with E-state index < -0.39 is 17.8 Å². The summed E-state index contributed by atoms with van der Waals surface area (Å²) in [6.07, 6.45) is 12.8. The summed E-state index contributed by atoms with van der Waals surface area (Å²) in [5, 5.41) is 24.5. The van der Waals surface area contributed by atoms with E-state index in [1.54, 1.807) is 0 Å². The molecule has 2 bridgehead atoms. The molecule has 1 saturated heterocycles. The van der Waals surface area contributed by atoms with Crippen LogP contribution in [0.15, 0.2) is 60.0 Å². The zero-order valence-corrected chi connectivity index (χ0v) is 20.9. The Morgan fingerprint density at radius 3 is 2.77 bits per heavy atom. The number of ether oxygens (including phenoxy) is 1. The number of nitrogens with zero attached hydrogens (tertiary/aromatic N) is 2. The lowest BCUT2D eigenvalue weighted by Crippen LogP contribution is -2.61. The first-order valence-electron chi connectivity index (χ1n) is 13.3. The first-order valence-corrected chi connectivity index (χ1v) is 13.3. The number of hydrogen-bond acceptors (Lipinski definition) is 5. The van der Waals surface area contributed by atoms with Crippen molar-refractivity contribution in [3.05, 3.63) is 65.5 Å². The lowest BCUT2D eigenvalue weighted by molar-refractivity contribution is -0.165. The van der Waals surface area contributed by atoms with Crippen molar-refractivity contribution in [2.24, 2.45) is 11.3 Å². The number of aliphatic hydroxyl groups is 2. The van der Waals surface area contributed by atoms with Gasteiger partial charge in [-0.2, -0.15) is 0 Å². The normalized spacial score (nSPS) is 44.0. The molecule has 1 aromatic carbocycles. The highest BCUT2D eigenvalue weighted by molar-refractivity contribution is 5.82. The second-order valence-electron chi connectivity index (χ2n) is 12.3. The van der Waals surface area contributed by atoms with Gasteiger partial charge in [0.25, 0.3) is 0 Å². The third-order valence-corrected chi connectivity index (χ3v) is 10.6. The SMILES string of the molecule is CN(C)[C@H]1C[C@@]23CC[C@@]4(O2)C(=CC[C@]2(C)C(c5ccc6ccncc6c5)CC[C@@H]42)C=C3[C@@H](O)[C@@H]1O. The Morgan fingerprint density at radius 2 is 1.94 bits per heavy atom. The Balaban J connectivity index is 1.29. The molecule has 2 saturated carbocycles. The molecule has 3 aliphatic carbocycles. The summed E-state index contributed by atoms with van der Waals surface area (Å²) < 4.78 is 7.27. The van der Waals surface area contributed by atoms with Gasteiger partial charge < -0.3 is 19.8 Å². The molecule has 2 N–H and O–H groups in total. The highest BCUT2D eigenvalue weighted by atomic mass is 16.5. The molecule has 3 heterocycles. The maximum absolute atomic E-state index is 11.2. The summed E-state index contributed by atoms with van der Waals surface area (Å²) in [7, 11) is 3.98. The molecule has 5 nitrogen and oxygen atoms in total. The topological polar surface area (TPSA) is 65.8 Å². The van der Waals surface area contributed by atoms with Gasteiger partial charge in [0.15, 0.2) is 0 Å². The largest absolute Gasteiger partial charge is 0.388 e. The fraction of sp³-hybridized carbons (Fsp3) is 0.567. The van der Waals surface area contributed by atoms with E-state index in [0.717, 1.165) is 37.7 Å². The number of rotatable bonds is 2. The van der Waals surface area contributed by atoms with Gasteiger partial charge >= 0.3 is 0 Å². The number of hydrogen-bond donors (Lipinski definition) is 2. The Morgan fingerprint density at radius 1 is 1.09 bits per heavy atom. The molecule has 35 heavy (non-hydrogen) atoms. The smallest absolute Gasteiger partial charge is 0.105 e. The van der Waals surface area contributed by atoms with Crippen LogP contribution in [-0.4, -0.2) is 63.6 Å². The zero-order valence-electron chi connectivity index (χ0n) is 20.9. The lowest BCUT2D eigenvalue weighted by Gasteiger charge is -2.56. The maximum atomic E-state index is 11.2. The van der Waals surface area contributed by atoms with E-state index in [2.05, 4.69) is 48.3 Å². The molecule has 0 radical (unpaired) electrons. The van der Waals surface area contributed by atoms with Crippen molar-refractivity contribution in [1.29, 1.82) is 0 Å². The van der Waals surface area contributed by atoms with Crippen LogP contribution in [0.1, 0.15) is 56.9 Å². The highest BCUT2D eigenvalue weighted by Crippen LogP contribution is 2.69. The van der Waals surface area contributed by atoms with Crippen molar-refractivity contribution in [3.63, 3.8) is 0 Å². The second-order valence-corrected chi connectivity index (χ2v) is 12.3. The van der Waals surface area contributed by atoms with Crippen LogP contribution in [0.5, 0.6) is 0 Å². The van der Waals surface area contributed by atoms with E-state index in [1.165, 1.54) is 28.3 Å². The molecule has 184 valence electrons. The van der Waals surface area contributed by atoms with Crippen LogP contribution >= 0.6 is 0 Å². The molecule has 2 aromatic rings. The van der Waals surface area contributed by atoms with Crippen LogP contribution < -0.4 is 0 Å². The fourth-order valence-corrected chi connectivity index (χ4v) is 8.79. The maximum Gasteiger partial charge on any atom is 0.105 e. The predicted molar refractivity (Wildman–Crippen MR) is 136 cm³/mol. The number of aliphatic hydroxyl groups excluding tert-OH is 2. The van der Waals surface area contributed by atoms with Gasteiger partial charge in [-0.05, 0) is 104 Å². The molecule has 8 atom stereocenters. The number of benzene rings is 1. The van der Waals surface area contributed by atoms with Gasteiger partial charge in [-0.1, -0.05) is 31.2 Å². The molecule has 2 aliphatic heterocycles. The van der Waals surface area contributed by atoms with E-state index in [1.807, 2.05) is 31.4 Å². The monoisotopic (exact) mass is 472 g/mol. The molecule has 5 heteroatoms. The predicted octanol–water partition coefficient (Wildman–Crippen LogP) is 4.35. The Kier molecular flexibility index (Phi) is 4.60. The van der Waals surface area contributed by atoms with E-state index in [-0.39, 0.29) is 17.1 Å². The minimum Gasteiger partial charge on any atom is -0.388 e. The number of pyridine rings is 1. The highest BCUT2D eigenvalue weighted by Gasteiger charge is 2.68. The number of fused-ring (bicyclic) bond motifs is 2. The van der Waals surface area contributed by atoms with E-state index in [0.29, 0.717) is 11.8 Å². The van der Waals surface area contributed by atoms with E-state index in [4.69, 9.17) is 4.74 Å². The molecule has 2 spiro atoms. The van der Waals surface area contributed by atoms with Gasteiger partial charge in [0.2, 0.25) is 0 Å². The first kappa shape index (κ1) is 22.2. The van der Waals surface area contributed by atoms with Crippen LogP contribution in [0.4, 0.5) is 0 Å². The third-order valence-electron chi connectivity index (χ3n) is 10.6. The van der Waals surface area contributed by atoms with Crippen molar-refractivity contribution in [1.82, 2.24) is 9.88 Å². The molecule has 0 amide bonds. The first-order chi connectivity index (χ1) is 16.8. The number of aromatic nitrogens is 1. The number of allylic oxidation sites excluding steroid dienone is 1. The number of likely N-dealkylation sites (N-methyl/N-ethyl adjacent to an activating group) is 1. The van der Waals surface area contributed by atoms with Crippen molar-refractivity contribution >= 4 is 10.8 Å². The van der Waals surface area contributed by atoms with Gasteiger partial charge in [-0.25, -0.2) is 0 Å². The van der Waals surface area contributed by atoms with Crippen LogP contribution in [0.2, 0.25) is 0 Å². The quantitative estimate of drug-likeness (QED) is 0.680. The van der Waals surface area contributed by atoms with Gasteiger partial charge in [0, 0.05) is 23.8 Å². The Bertz CT molecular complexity index is 1270. The second kappa shape index (κ2) is 7.25. The average Bonchev–Trinajstić information content (AvgIpc) is 3.37. The van der Waals surface area contributed by atoms with Crippen LogP contribution in [0.25, 0.3) is 10.8 Å². The van der Waals surface area contributed by atoms with Crippen LogP contribution in [0.3, 0.4) is 0 Å². The Hall–Kier alpha value is -2.05. The molecule has 1 unspecified atom stereocenters. The van der Waals surface area contributed by atoms with Gasteiger partial charge in [0.05, 0.1) is 17.3 Å². The molecule has 3 fully saturated rings. The van der Waals surface area contributed by atoms with Crippen LogP contribution in [-0.2, 0) is 4.74 Å². The van der Waals surface area contributed by atoms with Crippen molar-refractivity contribution in [2.75, 3.05) is 14.1 Å². The molecular weight excluding hydrogens is 436 g/mol. The van der Waals surface area contributed by atoms with Gasteiger partial charge in [0.1, 0.15) is 6.10 Å². The average molecular weight is 473 g/mol. The van der Waals surface area contributed by atoms with E-state index >= 15 is 0 Å². The lowest BCUT2D eigenvalue weighted by atomic mass is 9.58. The molecular formula is C30H36N2O3. The van der Waals surface area contributed by atoms with Gasteiger partial charge in [-0.15, -0.1) is 0 Å². The zero-order chi connectivity index (χ0) is 24.2. The fourth-order valence-electron chi connectivity index (χ4n) is 8.79. The molecule has 5 aliphatic rings. The minimum absolute atomic E-state index is 0.111. The summed E-state index contributed by atoms with van der Waals surface area (Å²) in [5.74, 6) is 0.937. The van der Waals surface area contributed by atoms with Crippen molar-refractivity contribution < 1.29 is 14.9 Å². The summed E-state index contributed by atoms with van der Waals surface area (Å²) >= 11 is 0. The third kappa shape index (κ3) is 2.81. The van der Waals surface area contributed by atoms with Crippen molar-refractivity contribution in [3.8, 4) is 0 Å². The van der Waals surface area contributed by atoms with Crippen LogP contribution in [0, 0.1) is 11.3 Å². The standard InChI is InChI=1S/C30H36N2O3/c1-28-10-8-21-15-23-26(33)27(34)24(32(2)3)16-29(23)11-12-30(21,35-29)25(28)7-6-22(28)19-5-4-18-9-13-31-17-20(18)14-19/h4-5,8-9,13-15,17,22,24-27,33-34H,6-7,10-12,16H2,1-3H3/t22?,24-,25+,26+,27+,28+,29+,30+/m0/s1. The summed E-state index contributed by atoms with van der Waals surface area (Å²) in [6.45, 7) is 2.49. The van der Waals surface area contributed by atoms with E-state index in [9.17, 15) is 10.2 Å². The molecule has 7 rings (SSSR count). The summed E-state index contributed by atoms with van der Waals surface area (Å²) in [4.78, 5) is 6.40. The summed E-state index contributed by atoms with van der Waals surface area (Å²) in [6, 6.07) is 8.90. The van der Waals surface area contributed by atoms with Gasteiger partial charge in [-0.3, -0.25) is 4.98 Å². The molecule has 1 aromatic heterocycles. The van der Waals surface area contributed by atoms with Crippen molar-refractivity contribution in [2.45, 2.75) is 80.8 Å². The Labute approximate surface area is 207 Å².